The van der Waals surface area contributed by atoms with E-state index in [1.54, 1.807) is 4.52 Å². The van der Waals surface area contributed by atoms with Gasteiger partial charge in [-0.2, -0.15) is 9.50 Å². The van der Waals surface area contributed by atoms with Crippen LogP contribution < -0.4 is 5.32 Å². The van der Waals surface area contributed by atoms with Gasteiger partial charge in [-0.1, -0.05) is 47.5 Å². The third-order valence-corrected chi connectivity index (χ3v) is 4.69. The van der Waals surface area contributed by atoms with Gasteiger partial charge in [-0.05, 0) is 38.5 Å². The monoisotopic (exact) mass is 363 g/mol. The van der Waals surface area contributed by atoms with Gasteiger partial charge in [0.1, 0.15) is 5.82 Å². The quantitative estimate of drug-likeness (QED) is 0.549. The van der Waals surface area contributed by atoms with E-state index in [2.05, 4.69) is 27.3 Å². The summed E-state index contributed by atoms with van der Waals surface area (Å²) in [6.07, 6.45) is 0. The molecule has 1 N–H and O–H groups in total. The SMILES string of the molecule is Cc1ccc(-c2nc3nc(C)cc(Nc4cccc(Cl)c4C)n3n2)cc1. The number of aromatic nitrogens is 4. The lowest BCUT2D eigenvalue weighted by Gasteiger charge is -2.11. The normalized spacial score (nSPS) is 11.1. The highest BCUT2D eigenvalue weighted by molar-refractivity contribution is 6.31. The maximum absolute atomic E-state index is 6.24. The van der Waals surface area contributed by atoms with E-state index in [-0.39, 0.29) is 0 Å². The summed E-state index contributed by atoms with van der Waals surface area (Å²) in [5, 5.41) is 8.77. The predicted octanol–water partition coefficient (Wildman–Crippen LogP) is 5.11. The summed E-state index contributed by atoms with van der Waals surface area (Å²) in [6, 6.07) is 15.9. The molecule has 0 aliphatic carbocycles. The van der Waals surface area contributed by atoms with Crippen molar-refractivity contribution in [2.45, 2.75) is 20.8 Å². The molecular formula is C20H18ClN5. The molecule has 2 aromatic carbocycles. The van der Waals surface area contributed by atoms with Crippen molar-refractivity contribution in [3.8, 4) is 11.4 Å². The van der Waals surface area contributed by atoms with Crippen LogP contribution in [0.5, 0.6) is 0 Å². The van der Waals surface area contributed by atoms with E-state index in [4.69, 9.17) is 11.6 Å². The van der Waals surface area contributed by atoms with Crippen LogP contribution in [0.1, 0.15) is 16.8 Å². The molecule has 0 saturated heterocycles. The Morgan fingerprint density at radius 2 is 1.73 bits per heavy atom. The van der Waals surface area contributed by atoms with Crippen molar-refractivity contribution in [2.24, 2.45) is 0 Å². The lowest BCUT2D eigenvalue weighted by atomic mass is 10.1. The minimum Gasteiger partial charge on any atom is -0.340 e. The zero-order valence-electron chi connectivity index (χ0n) is 14.8. The molecule has 0 spiro atoms. The second-order valence-electron chi connectivity index (χ2n) is 6.33. The van der Waals surface area contributed by atoms with Gasteiger partial charge in [0, 0.05) is 28.0 Å². The first-order chi connectivity index (χ1) is 12.5. The summed E-state index contributed by atoms with van der Waals surface area (Å²) in [4.78, 5) is 9.10. The van der Waals surface area contributed by atoms with E-state index in [0.717, 1.165) is 33.3 Å². The van der Waals surface area contributed by atoms with Gasteiger partial charge in [-0.25, -0.2) is 4.98 Å². The molecular weight excluding hydrogens is 346 g/mol. The number of halogens is 1. The van der Waals surface area contributed by atoms with E-state index in [1.165, 1.54) is 5.56 Å². The van der Waals surface area contributed by atoms with Crippen molar-refractivity contribution in [1.82, 2.24) is 19.6 Å². The molecule has 0 unspecified atom stereocenters. The lowest BCUT2D eigenvalue weighted by Crippen LogP contribution is -2.03. The Balaban J connectivity index is 1.82. The maximum atomic E-state index is 6.24. The van der Waals surface area contributed by atoms with Gasteiger partial charge in [0.25, 0.3) is 5.78 Å². The van der Waals surface area contributed by atoms with Gasteiger partial charge in [-0.3, -0.25) is 0 Å². The van der Waals surface area contributed by atoms with Crippen molar-refractivity contribution in [3.63, 3.8) is 0 Å². The van der Waals surface area contributed by atoms with Crippen LogP contribution in [0.2, 0.25) is 5.02 Å². The smallest absolute Gasteiger partial charge is 0.254 e. The molecule has 2 heterocycles. The largest absolute Gasteiger partial charge is 0.340 e. The summed E-state index contributed by atoms with van der Waals surface area (Å²) in [6.45, 7) is 5.98. The zero-order valence-corrected chi connectivity index (χ0v) is 15.5. The second-order valence-corrected chi connectivity index (χ2v) is 6.74. The number of benzene rings is 2. The fraction of sp³-hybridized carbons (Fsp3) is 0.150. The van der Waals surface area contributed by atoms with Crippen LogP contribution in [-0.2, 0) is 0 Å². The minimum atomic E-state index is 0.558. The maximum Gasteiger partial charge on any atom is 0.254 e. The minimum absolute atomic E-state index is 0.558. The third kappa shape index (κ3) is 3.02. The van der Waals surface area contributed by atoms with Crippen LogP contribution in [0.4, 0.5) is 11.5 Å². The molecule has 0 aliphatic rings. The zero-order chi connectivity index (χ0) is 18.3. The average Bonchev–Trinajstić information content (AvgIpc) is 3.03. The van der Waals surface area contributed by atoms with E-state index < -0.39 is 0 Å². The first-order valence-electron chi connectivity index (χ1n) is 8.35. The highest BCUT2D eigenvalue weighted by Gasteiger charge is 2.12. The Kier molecular flexibility index (Phi) is 4.09. The average molecular weight is 364 g/mol. The number of nitrogens with zero attached hydrogens (tertiary/aromatic N) is 4. The number of nitrogens with one attached hydrogen (secondary N) is 1. The number of hydrogen-bond donors (Lipinski definition) is 1. The van der Waals surface area contributed by atoms with Gasteiger partial charge in [-0.15, -0.1) is 5.10 Å². The Labute approximate surface area is 156 Å². The van der Waals surface area contributed by atoms with Crippen LogP contribution in [0.3, 0.4) is 0 Å². The highest BCUT2D eigenvalue weighted by Crippen LogP contribution is 2.27. The molecule has 2 aromatic heterocycles. The summed E-state index contributed by atoms with van der Waals surface area (Å²) in [5.74, 6) is 2.00. The standard InChI is InChI=1S/C20H18ClN5/c1-12-7-9-15(10-8-12)19-24-20-22-13(2)11-18(26(20)25-19)23-17-6-4-5-16(21)14(17)3/h4-11,23H,1-3H3. The Morgan fingerprint density at radius 1 is 0.962 bits per heavy atom. The predicted molar refractivity (Wildman–Crippen MR) is 105 cm³/mol. The molecule has 0 saturated carbocycles. The Hall–Kier alpha value is -2.92. The van der Waals surface area contributed by atoms with Gasteiger partial charge >= 0.3 is 0 Å². The van der Waals surface area contributed by atoms with Crippen LogP contribution >= 0.6 is 11.6 Å². The van der Waals surface area contributed by atoms with Crippen LogP contribution in [0, 0.1) is 20.8 Å². The van der Waals surface area contributed by atoms with E-state index in [1.807, 2.05) is 62.4 Å². The highest BCUT2D eigenvalue weighted by atomic mass is 35.5. The van der Waals surface area contributed by atoms with Crippen molar-refractivity contribution in [3.05, 3.63) is 70.4 Å². The molecule has 6 heteroatoms. The van der Waals surface area contributed by atoms with Crippen LogP contribution in [0.15, 0.2) is 48.5 Å². The molecule has 4 rings (SSSR count). The molecule has 0 radical (unpaired) electrons. The fourth-order valence-corrected chi connectivity index (χ4v) is 2.96. The lowest BCUT2D eigenvalue weighted by molar-refractivity contribution is 0.939. The summed E-state index contributed by atoms with van der Waals surface area (Å²) in [7, 11) is 0. The first-order valence-corrected chi connectivity index (χ1v) is 8.72. The number of aryl methyl sites for hydroxylation is 2. The van der Waals surface area contributed by atoms with Gasteiger partial charge in [0.2, 0.25) is 0 Å². The van der Waals surface area contributed by atoms with Crippen LogP contribution in [0.25, 0.3) is 17.2 Å². The summed E-state index contributed by atoms with van der Waals surface area (Å²) in [5.41, 5.74) is 4.93. The number of anilines is 2. The molecule has 4 aromatic rings. The van der Waals surface area contributed by atoms with Crippen molar-refractivity contribution < 1.29 is 0 Å². The molecule has 0 fully saturated rings. The Bertz CT molecular complexity index is 1100. The van der Waals surface area contributed by atoms with Gasteiger partial charge in [0.05, 0.1) is 0 Å². The van der Waals surface area contributed by atoms with E-state index in [9.17, 15) is 0 Å². The molecule has 0 bridgehead atoms. The van der Waals surface area contributed by atoms with E-state index >= 15 is 0 Å². The summed E-state index contributed by atoms with van der Waals surface area (Å²) >= 11 is 6.24. The van der Waals surface area contributed by atoms with Gasteiger partial charge in [0.15, 0.2) is 5.82 Å². The summed E-state index contributed by atoms with van der Waals surface area (Å²) < 4.78 is 1.72. The van der Waals surface area contributed by atoms with Crippen molar-refractivity contribution >= 4 is 28.9 Å². The van der Waals surface area contributed by atoms with E-state index in [0.29, 0.717) is 11.6 Å². The Morgan fingerprint density at radius 3 is 2.50 bits per heavy atom. The number of fused-ring (bicyclic) bond motifs is 1. The fourth-order valence-electron chi connectivity index (χ4n) is 2.78. The van der Waals surface area contributed by atoms with Crippen molar-refractivity contribution in [1.29, 1.82) is 0 Å². The second kappa shape index (κ2) is 6.42. The number of hydrogen-bond acceptors (Lipinski definition) is 4. The van der Waals surface area contributed by atoms with Gasteiger partial charge < -0.3 is 5.32 Å². The molecule has 0 aliphatic heterocycles. The number of rotatable bonds is 3. The molecule has 5 nitrogen and oxygen atoms in total. The topological polar surface area (TPSA) is 55.1 Å². The van der Waals surface area contributed by atoms with Crippen LogP contribution in [-0.4, -0.2) is 19.6 Å². The molecule has 0 amide bonds. The molecule has 26 heavy (non-hydrogen) atoms. The van der Waals surface area contributed by atoms with Crippen molar-refractivity contribution in [2.75, 3.05) is 5.32 Å². The third-order valence-electron chi connectivity index (χ3n) is 4.28. The first kappa shape index (κ1) is 16.5. The molecule has 130 valence electrons. The molecule has 0 atom stereocenters.